The van der Waals surface area contributed by atoms with Crippen molar-refractivity contribution in [3.05, 3.63) is 40.5 Å². The minimum Gasteiger partial charge on any atom is -0.508 e. The van der Waals surface area contributed by atoms with Crippen LogP contribution in [0.5, 0.6) is 11.5 Å². The van der Waals surface area contributed by atoms with Gasteiger partial charge in [0.2, 0.25) is 5.91 Å². The Kier molecular flexibility index (Phi) is 12.6. The van der Waals surface area contributed by atoms with Crippen LogP contribution >= 0.6 is 0 Å². The third kappa shape index (κ3) is 10.1. The summed E-state index contributed by atoms with van der Waals surface area (Å²) in [7, 11) is -4.34. The van der Waals surface area contributed by atoms with Crippen LogP contribution in [0.1, 0.15) is 77.3 Å². The Hall–Kier alpha value is -2.36. The van der Waals surface area contributed by atoms with Gasteiger partial charge in [0.1, 0.15) is 16.4 Å². The molecule has 1 heterocycles. The Labute approximate surface area is 222 Å². The largest absolute Gasteiger partial charge is 0.508 e. The van der Waals surface area contributed by atoms with E-state index in [0.29, 0.717) is 51.3 Å². The van der Waals surface area contributed by atoms with Gasteiger partial charge in [-0.15, -0.1) is 0 Å². The molecule has 0 aromatic heterocycles. The van der Waals surface area contributed by atoms with Crippen LogP contribution in [-0.2, 0) is 32.4 Å². The van der Waals surface area contributed by atoms with Crippen LogP contribution in [-0.4, -0.2) is 62.3 Å². The summed E-state index contributed by atoms with van der Waals surface area (Å²) >= 11 is 0. The average Bonchev–Trinajstić information content (AvgIpc) is 2.82. The molecule has 3 N–H and O–H groups in total. The number of aromatic hydroxyl groups is 2. The number of morpholine rings is 1. The highest BCUT2D eigenvalue weighted by atomic mass is 32.2. The van der Waals surface area contributed by atoms with Crippen LogP contribution in [0.4, 0.5) is 0 Å². The number of carbonyl (C=O) groups excluding carboxylic acids is 1. The number of benzene rings is 1. The summed E-state index contributed by atoms with van der Waals surface area (Å²) in [5.74, 6) is -1.27. The van der Waals surface area contributed by atoms with E-state index in [1.807, 2.05) is 38.7 Å². The van der Waals surface area contributed by atoms with Gasteiger partial charge in [0.25, 0.3) is 10.0 Å². The van der Waals surface area contributed by atoms with Crippen molar-refractivity contribution in [2.45, 2.75) is 84.0 Å². The fraction of sp³-hybridized carbons (Fsp3) is 0.607. The lowest BCUT2D eigenvalue weighted by molar-refractivity contribution is -0.119. The van der Waals surface area contributed by atoms with Crippen molar-refractivity contribution < 1.29 is 28.2 Å². The molecule has 37 heavy (non-hydrogen) atoms. The lowest BCUT2D eigenvalue weighted by Gasteiger charge is -2.26. The number of carbonyl (C=O) groups is 1. The maximum Gasteiger partial charge on any atom is 0.268 e. The fourth-order valence-electron chi connectivity index (χ4n) is 4.28. The number of hydrogen-bond acceptors (Lipinski definition) is 7. The molecule has 0 aliphatic carbocycles. The van der Waals surface area contributed by atoms with Crippen molar-refractivity contribution in [2.24, 2.45) is 0 Å². The van der Waals surface area contributed by atoms with E-state index in [2.05, 4.69) is 10.8 Å². The van der Waals surface area contributed by atoms with Crippen molar-refractivity contribution in [1.82, 2.24) is 9.62 Å². The van der Waals surface area contributed by atoms with Gasteiger partial charge in [0.05, 0.1) is 13.2 Å². The predicted octanol–water partition coefficient (Wildman–Crippen LogP) is 4.59. The quantitative estimate of drug-likeness (QED) is 0.235. The molecule has 0 spiro atoms. The Bertz CT molecular complexity index is 1070. The van der Waals surface area contributed by atoms with Crippen molar-refractivity contribution >= 4 is 15.9 Å². The lowest BCUT2D eigenvalue weighted by atomic mass is 10.00. The summed E-state index contributed by atoms with van der Waals surface area (Å²) in [5, 5.41) is 21.8. The normalized spacial score (nSPS) is 15.0. The lowest BCUT2D eigenvalue weighted by Crippen LogP contribution is -2.39. The fourth-order valence-corrected chi connectivity index (χ4v) is 5.67. The van der Waals surface area contributed by atoms with E-state index in [-0.39, 0.29) is 29.1 Å². The van der Waals surface area contributed by atoms with Crippen LogP contribution in [0, 0.1) is 0 Å². The van der Waals surface area contributed by atoms with Crippen LogP contribution in [0.2, 0.25) is 0 Å². The maximum atomic E-state index is 13.3. The minimum absolute atomic E-state index is 0.0176. The molecule has 1 amide bonds. The van der Waals surface area contributed by atoms with Gasteiger partial charge in [-0.3, -0.25) is 9.69 Å². The summed E-state index contributed by atoms with van der Waals surface area (Å²) < 4.78 is 34.1. The number of ether oxygens (including phenoxy) is 1. The second-order valence-corrected chi connectivity index (χ2v) is 11.6. The second kappa shape index (κ2) is 15.1. The summed E-state index contributed by atoms with van der Waals surface area (Å²) in [4.78, 5) is 14.3. The number of nitrogens with one attached hydrogen (secondary N) is 1. The first-order chi connectivity index (χ1) is 17.5. The number of sulfonamides is 1. The van der Waals surface area contributed by atoms with E-state index >= 15 is 0 Å². The summed E-state index contributed by atoms with van der Waals surface area (Å²) in [5.41, 5.74) is 2.76. The first-order valence-corrected chi connectivity index (χ1v) is 14.7. The van der Waals surface area contributed by atoms with Gasteiger partial charge in [-0.25, -0.2) is 13.1 Å². The topological polar surface area (TPSA) is 116 Å². The number of rotatable bonds is 14. The molecule has 1 aromatic rings. The van der Waals surface area contributed by atoms with Gasteiger partial charge in [0.15, 0.2) is 0 Å². The summed E-state index contributed by atoms with van der Waals surface area (Å²) in [6.45, 7) is 11.1. The van der Waals surface area contributed by atoms with E-state index in [1.165, 1.54) is 11.6 Å². The molecule has 8 nitrogen and oxygen atoms in total. The molecule has 9 heteroatoms. The molecule has 0 radical (unpaired) electrons. The van der Waals surface area contributed by atoms with Crippen LogP contribution < -0.4 is 4.72 Å². The third-order valence-electron chi connectivity index (χ3n) is 6.48. The molecule has 0 bridgehead atoms. The number of allylic oxidation sites excluding steroid dienone is 4. The van der Waals surface area contributed by atoms with Gasteiger partial charge in [-0.1, -0.05) is 43.1 Å². The summed E-state index contributed by atoms with van der Waals surface area (Å²) in [6.07, 6.45) is 8.82. The number of aryl methyl sites for hydroxylation is 1. The molecule has 1 aromatic carbocycles. The van der Waals surface area contributed by atoms with E-state index < -0.39 is 21.7 Å². The number of phenols is 2. The summed E-state index contributed by atoms with van der Waals surface area (Å²) in [6, 6.07) is 1.42. The standard InChI is InChI=1S/C28H44N2O6S/c1-5-6-7-11-23-20-25(31)24(13-12-22(4)10-8-9-21(2)3)27(33)28(23)37(34,35)29-26(32)14-15-30-16-18-36-19-17-30/h9,12,20,31,33H,5-8,10-11,13-19H2,1-4H3,(H,29,32)/b22-12+. The molecular weight excluding hydrogens is 492 g/mol. The van der Waals surface area contributed by atoms with Gasteiger partial charge < -0.3 is 14.9 Å². The molecule has 1 fully saturated rings. The molecule has 1 aliphatic rings. The number of phenolic OH excluding ortho intramolecular Hbond substituents is 2. The van der Waals surface area contributed by atoms with Crippen molar-refractivity contribution in [3.63, 3.8) is 0 Å². The zero-order valence-electron chi connectivity index (χ0n) is 22.8. The zero-order valence-corrected chi connectivity index (χ0v) is 23.6. The van der Waals surface area contributed by atoms with Gasteiger partial charge >= 0.3 is 0 Å². The highest BCUT2D eigenvalue weighted by molar-refractivity contribution is 7.90. The molecule has 0 saturated carbocycles. The minimum atomic E-state index is -4.34. The van der Waals surface area contributed by atoms with Crippen molar-refractivity contribution in [1.29, 1.82) is 0 Å². The van der Waals surface area contributed by atoms with Crippen LogP contribution in [0.15, 0.2) is 34.3 Å². The molecule has 2 rings (SSSR count). The van der Waals surface area contributed by atoms with E-state index in [4.69, 9.17) is 4.74 Å². The van der Waals surface area contributed by atoms with Crippen LogP contribution in [0.25, 0.3) is 0 Å². The Morgan fingerprint density at radius 2 is 1.81 bits per heavy atom. The average molecular weight is 537 g/mol. The Morgan fingerprint density at radius 3 is 2.46 bits per heavy atom. The highest BCUT2D eigenvalue weighted by Crippen LogP contribution is 2.38. The third-order valence-corrected chi connectivity index (χ3v) is 7.97. The van der Waals surface area contributed by atoms with Crippen molar-refractivity contribution in [2.75, 3.05) is 32.8 Å². The molecule has 1 saturated heterocycles. The number of amides is 1. The Balaban J connectivity index is 2.28. The number of unbranched alkanes of at least 4 members (excludes halogenated alkanes) is 2. The van der Waals surface area contributed by atoms with E-state index in [9.17, 15) is 23.4 Å². The monoisotopic (exact) mass is 536 g/mol. The Morgan fingerprint density at radius 1 is 1.11 bits per heavy atom. The maximum absolute atomic E-state index is 13.3. The van der Waals surface area contributed by atoms with E-state index in [0.717, 1.165) is 31.3 Å². The smallest absolute Gasteiger partial charge is 0.268 e. The second-order valence-electron chi connectivity index (χ2n) is 9.98. The molecule has 1 aliphatic heterocycles. The predicted molar refractivity (Wildman–Crippen MR) is 146 cm³/mol. The van der Waals surface area contributed by atoms with Crippen molar-refractivity contribution in [3.8, 4) is 11.5 Å². The number of hydrogen-bond donors (Lipinski definition) is 3. The molecule has 208 valence electrons. The first-order valence-electron chi connectivity index (χ1n) is 13.3. The van der Waals surface area contributed by atoms with E-state index in [1.54, 1.807) is 0 Å². The molecule has 0 unspecified atom stereocenters. The molecule has 0 atom stereocenters. The first kappa shape index (κ1) is 30.9. The highest BCUT2D eigenvalue weighted by Gasteiger charge is 2.29. The van der Waals surface area contributed by atoms with Gasteiger partial charge in [0, 0.05) is 31.6 Å². The van der Waals surface area contributed by atoms with Gasteiger partial charge in [-0.2, -0.15) is 0 Å². The SMILES string of the molecule is CCCCCc1cc(O)c(C/C=C(\C)CCC=C(C)C)c(O)c1S(=O)(=O)NC(=O)CCN1CCOCC1. The number of nitrogens with zero attached hydrogens (tertiary/aromatic N) is 1. The zero-order chi connectivity index (χ0) is 27.4. The molecular formula is C28H44N2O6S. The van der Waals surface area contributed by atoms with Gasteiger partial charge in [-0.05, 0) is 64.5 Å². The van der Waals surface area contributed by atoms with Crippen LogP contribution in [0.3, 0.4) is 0 Å².